The molecule has 2 N–H and O–H groups in total. The maximum absolute atomic E-state index is 14.5. The number of carbonyl (C=O) groups excluding carboxylic acids is 1. The molecule has 2 atom stereocenters. The molecule has 0 unspecified atom stereocenters. The van der Waals surface area contributed by atoms with Crippen molar-refractivity contribution in [2.45, 2.75) is 50.5 Å². The zero-order valence-corrected chi connectivity index (χ0v) is 19.4. The van der Waals surface area contributed by atoms with E-state index in [4.69, 9.17) is 11.6 Å². The standard InChI is InChI=1S/C24H30ClF2N3O2/c1-23(26,27)24(8-9-24)20(17-5-4-10-28-14-17)13-22(32)29-15-18(30(2)3)11-16-6-7-19(31)12-21(16)25/h4-7,10,12,14,18,20,31H,8-9,11,13,15H2,1-3H3,(H,29,32)/t18-,20-/m0/s1. The highest BCUT2D eigenvalue weighted by Crippen LogP contribution is 2.65. The molecule has 0 bridgehead atoms. The van der Waals surface area contributed by atoms with E-state index in [0.29, 0.717) is 36.4 Å². The van der Waals surface area contributed by atoms with Gasteiger partial charge in [0.25, 0.3) is 5.92 Å². The van der Waals surface area contributed by atoms with Crippen molar-refractivity contribution in [3.63, 3.8) is 0 Å². The zero-order chi connectivity index (χ0) is 23.5. The molecule has 1 aromatic heterocycles. The van der Waals surface area contributed by atoms with Gasteiger partial charge in [-0.1, -0.05) is 23.7 Å². The van der Waals surface area contributed by atoms with Crippen molar-refractivity contribution in [3.05, 3.63) is 58.9 Å². The second kappa shape index (κ2) is 9.71. The topological polar surface area (TPSA) is 65.5 Å². The summed E-state index contributed by atoms with van der Waals surface area (Å²) in [5.41, 5.74) is 0.323. The summed E-state index contributed by atoms with van der Waals surface area (Å²) in [5, 5.41) is 12.9. The molecule has 1 amide bonds. The van der Waals surface area contributed by atoms with Gasteiger partial charge >= 0.3 is 0 Å². The number of carbonyl (C=O) groups is 1. The van der Waals surface area contributed by atoms with Gasteiger partial charge < -0.3 is 15.3 Å². The van der Waals surface area contributed by atoms with Gasteiger partial charge in [0.05, 0.1) is 0 Å². The van der Waals surface area contributed by atoms with Crippen molar-refractivity contribution in [3.8, 4) is 5.75 Å². The quantitative estimate of drug-likeness (QED) is 0.536. The van der Waals surface area contributed by atoms with Gasteiger partial charge in [-0.2, -0.15) is 0 Å². The number of aromatic hydroxyl groups is 1. The molecular formula is C24H30ClF2N3O2. The summed E-state index contributed by atoms with van der Waals surface area (Å²) in [6, 6.07) is 8.25. The summed E-state index contributed by atoms with van der Waals surface area (Å²) < 4.78 is 29.0. The molecule has 0 radical (unpaired) electrons. The number of pyridine rings is 1. The molecule has 174 valence electrons. The molecule has 0 spiro atoms. The van der Waals surface area contributed by atoms with E-state index in [1.807, 2.05) is 19.0 Å². The van der Waals surface area contributed by atoms with Crippen LogP contribution >= 0.6 is 11.6 Å². The highest BCUT2D eigenvalue weighted by Gasteiger charge is 2.63. The number of phenolic OH excluding ortho intramolecular Hbond substituents is 1. The molecule has 2 aromatic rings. The Morgan fingerprint density at radius 2 is 2.06 bits per heavy atom. The summed E-state index contributed by atoms with van der Waals surface area (Å²) in [4.78, 5) is 18.9. The van der Waals surface area contributed by atoms with Crippen molar-refractivity contribution in [1.82, 2.24) is 15.2 Å². The minimum Gasteiger partial charge on any atom is -0.508 e. The van der Waals surface area contributed by atoms with Gasteiger partial charge in [-0.25, -0.2) is 8.78 Å². The molecule has 32 heavy (non-hydrogen) atoms. The van der Waals surface area contributed by atoms with Crippen molar-refractivity contribution in [2.24, 2.45) is 5.41 Å². The van der Waals surface area contributed by atoms with Crippen LogP contribution in [0.1, 0.15) is 43.2 Å². The van der Waals surface area contributed by atoms with E-state index in [0.717, 1.165) is 12.5 Å². The lowest BCUT2D eigenvalue weighted by Crippen LogP contribution is -2.43. The van der Waals surface area contributed by atoms with Crippen molar-refractivity contribution in [2.75, 3.05) is 20.6 Å². The third-order valence-electron chi connectivity index (χ3n) is 6.56. The first-order valence-corrected chi connectivity index (χ1v) is 11.1. The van der Waals surface area contributed by atoms with E-state index < -0.39 is 17.3 Å². The summed E-state index contributed by atoms with van der Waals surface area (Å²) in [5.74, 6) is -3.65. The van der Waals surface area contributed by atoms with Crippen LogP contribution in [0.3, 0.4) is 0 Å². The maximum atomic E-state index is 14.5. The number of rotatable bonds is 10. The summed E-state index contributed by atoms with van der Waals surface area (Å²) in [6.45, 7) is 1.29. The van der Waals surface area contributed by atoms with Gasteiger partial charge in [-0.15, -0.1) is 0 Å². The minimum absolute atomic E-state index is 0.0186. The average molecular weight is 466 g/mol. The molecule has 3 rings (SSSR count). The normalized spacial score (nSPS) is 17.1. The smallest absolute Gasteiger partial charge is 0.251 e. The van der Waals surface area contributed by atoms with Crippen LogP contribution < -0.4 is 5.32 Å². The third kappa shape index (κ3) is 5.56. The number of benzene rings is 1. The fourth-order valence-corrected chi connectivity index (χ4v) is 4.58. The monoisotopic (exact) mass is 465 g/mol. The van der Waals surface area contributed by atoms with E-state index in [-0.39, 0.29) is 24.1 Å². The number of nitrogens with zero attached hydrogens (tertiary/aromatic N) is 2. The maximum Gasteiger partial charge on any atom is 0.251 e. The number of nitrogens with one attached hydrogen (secondary N) is 1. The van der Waals surface area contributed by atoms with Gasteiger partial charge in [0.1, 0.15) is 5.75 Å². The third-order valence-corrected chi connectivity index (χ3v) is 6.92. The van der Waals surface area contributed by atoms with E-state index in [9.17, 15) is 18.7 Å². The first-order chi connectivity index (χ1) is 15.0. The molecule has 0 aliphatic heterocycles. The predicted molar refractivity (Wildman–Crippen MR) is 121 cm³/mol. The summed E-state index contributed by atoms with van der Waals surface area (Å²) >= 11 is 6.23. The molecule has 5 nitrogen and oxygen atoms in total. The van der Waals surface area contributed by atoms with Gasteiger partial charge in [-0.05, 0) is 69.6 Å². The van der Waals surface area contributed by atoms with Crippen LogP contribution in [0.25, 0.3) is 0 Å². The number of halogens is 3. The lowest BCUT2D eigenvalue weighted by atomic mass is 9.77. The number of alkyl halides is 2. The summed E-state index contributed by atoms with van der Waals surface area (Å²) in [6.07, 6.45) is 4.51. The molecule has 8 heteroatoms. The molecule has 1 aromatic carbocycles. The second-order valence-electron chi connectivity index (χ2n) is 8.99. The SMILES string of the molecule is CN(C)[C@H](CNC(=O)C[C@@H](c1cccnc1)C1(C(C)(F)F)CC1)Cc1ccc(O)cc1Cl. The highest BCUT2D eigenvalue weighted by molar-refractivity contribution is 6.31. The van der Waals surface area contributed by atoms with E-state index >= 15 is 0 Å². The lowest BCUT2D eigenvalue weighted by molar-refractivity contribution is -0.123. The van der Waals surface area contributed by atoms with Gasteiger partial charge in [-0.3, -0.25) is 9.78 Å². The first kappa shape index (κ1) is 24.4. The predicted octanol–water partition coefficient (Wildman–Crippen LogP) is 4.64. The number of hydrogen-bond acceptors (Lipinski definition) is 4. The fraction of sp³-hybridized carbons (Fsp3) is 0.500. The van der Waals surface area contributed by atoms with Crippen molar-refractivity contribution in [1.29, 1.82) is 0 Å². The molecule has 1 saturated carbocycles. The minimum atomic E-state index is -2.88. The number of aromatic nitrogens is 1. The molecular weight excluding hydrogens is 436 g/mol. The number of hydrogen-bond donors (Lipinski definition) is 2. The fourth-order valence-electron chi connectivity index (χ4n) is 4.32. The van der Waals surface area contributed by atoms with E-state index in [1.165, 1.54) is 6.07 Å². The Labute approximate surface area is 192 Å². The van der Waals surface area contributed by atoms with Crippen molar-refractivity contribution < 1.29 is 18.7 Å². The molecule has 1 aliphatic rings. The molecule has 1 aliphatic carbocycles. The number of likely N-dealkylation sites (N-methyl/N-ethyl adjacent to an activating group) is 1. The van der Waals surface area contributed by atoms with Gasteiger partial charge in [0.15, 0.2) is 0 Å². The Kier molecular flexibility index (Phi) is 7.40. The molecule has 1 fully saturated rings. The van der Waals surface area contributed by atoms with Crippen LogP contribution in [0.2, 0.25) is 5.02 Å². The van der Waals surface area contributed by atoms with Crippen LogP contribution in [0.15, 0.2) is 42.7 Å². The van der Waals surface area contributed by atoms with Crippen LogP contribution in [-0.2, 0) is 11.2 Å². The summed E-state index contributed by atoms with van der Waals surface area (Å²) in [7, 11) is 3.81. The van der Waals surface area contributed by atoms with E-state index in [2.05, 4.69) is 10.3 Å². The molecule has 1 heterocycles. The second-order valence-corrected chi connectivity index (χ2v) is 9.40. The van der Waals surface area contributed by atoms with Crippen LogP contribution in [-0.4, -0.2) is 53.5 Å². The number of phenols is 1. The zero-order valence-electron chi connectivity index (χ0n) is 18.6. The Hall–Kier alpha value is -2.25. The van der Waals surface area contributed by atoms with Crippen molar-refractivity contribution >= 4 is 17.5 Å². The number of amides is 1. The largest absolute Gasteiger partial charge is 0.508 e. The Bertz CT molecular complexity index is 931. The first-order valence-electron chi connectivity index (χ1n) is 10.7. The van der Waals surface area contributed by atoms with Crippen LogP contribution in [0.5, 0.6) is 5.75 Å². The van der Waals surface area contributed by atoms with Crippen LogP contribution in [0, 0.1) is 5.41 Å². The average Bonchev–Trinajstić information content (AvgIpc) is 3.53. The van der Waals surface area contributed by atoms with Gasteiger partial charge in [0.2, 0.25) is 5.91 Å². The van der Waals surface area contributed by atoms with Crippen LogP contribution in [0.4, 0.5) is 8.78 Å². The lowest BCUT2D eigenvalue weighted by Gasteiger charge is -2.32. The Morgan fingerprint density at radius 3 is 2.59 bits per heavy atom. The van der Waals surface area contributed by atoms with E-state index in [1.54, 1.807) is 36.7 Å². The highest BCUT2D eigenvalue weighted by atomic mass is 35.5. The Morgan fingerprint density at radius 1 is 1.34 bits per heavy atom. The Balaban J connectivity index is 1.69. The molecule has 0 saturated heterocycles. The van der Waals surface area contributed by atoms with Gasteiger partial charge in [0, 0.05) is 47.8 Å².